The number of non-ortho nitro benzene ring substituents is 1. The van der Waals surface area contributed by atoms with Crippen molar-refractivity contribution in [3.05, 3.63) is 33.9 Å². The second-order valence-corrected chi connectivity index (χ2v) is 5.26. The lowest BCUT2D eigenvalue weighted by Gasteiger charge is -2.19. The highest BCUT2D eigenvalue weighted by molar-refractivity contribution is 5.55. The van der Waals surface area contributed by atoms with Gasteiger partial charge in [0.15, 0.2) is 0 Å². The van der Waals surface area contributed by atoms with E-state index < -0.39 is 4.92 Å². The van der Waals surface area contributed by atoms with Gasteiger partial charge in [0.05, 0.1) is 36.0 Å². The van der Waals surface area contributed by atoms with Crippen molar-refractivity contribution in [3.63, 3.8) is 0 Å². The number of nitrogens with two attached hydrogens (primary N) is 1. The third kappa shape index (κ3) is 5.52. The highest BCUT2D eigenvalue weighted by Crippen LogP contribution is 2.22. The zero-order valence-electron chi connectivity index (χ0n) is 12.0. The second kappa shape index (κ2) is 7.18. The third-order valence-corrected chi connectivity index (χ3v) is 2.48. The molecular formula is C13H21N3O4. The molecule has 1 aromatic carbocycles. The fourth-order valence-electron chi connectivity index (χ4n) is 1.54. The molecule has 0 aromatic heterocycles. The lowest BCUT2D eigenvalue weighted by molar-refractivity contribution is -0.384. The number of ether oxygens (including phenoxy) is 2. The maximum atomic E-state index is 10.7. The summed E-state index contributed by atoms with van der Waals surface area (Å²) in [5.74, 6) is 5.36. The molecule has 0 spiro atoms. The van der Waals surface area contributed by atoms with Crippen LogP contribution in [-0.4, -0.2) is 23.7 Å². The van der Waals surface area contributed by atoms with Crippen molar-refractivity contribution in [3.8, 4) is 0 Å². The van der Waals surface area contributed by atoms with Gasteiger partial charge in [-0.15, -0.1) is 0 Å². The predicted molar refractivity (Wildman–Crippen MR) is 76.3 cm³/mol. The monoisotopic (exact) mass is 283 g/mol. The van der Waals surface area contributed by atoms with E-state index in [0.29, 0.717) is 24.5 Å². The van der Waals surface area contributed by atoms with Gasteiger partial charge in [0.1, 0.15) is 0 Å². The van der Waals surface area contributed by atoms with Crippen LogP contribution in [0.4, 0.5) is 11.4 Å². The highest BCUT2D eigenvalue weighted by Gasteiger charge is 2.11. The first kappa shape index (κ1) is 16.4. The van der Waals surface area contributed by atoms with E-state index in [1.807, 2.05) is 20.8 Å². The van der Waals surface area contributed by atoms with E-state index in [2.05, 4.69) is 5.43 Å². The zero-order chi connectivity index (χ0) is 15.2. The molecule has 0 bridgehead atoms. The number of anilines is 1. The van der Waals surface area contributed by atoms with Crippen LogP contribution in [0.15, 0.2) is 18.2 Å². The van der Waals surface area contributed by atoms with Crippen LogP contribution in [0.2, 0.25) is 0 Å². The lowest BCUT2D eigenvalue weighted by atomic mass is 10.1. The minimum atomic E-state index is -0.452. The average molecular weight is 283 g/mol. The Hall–Kier alpha value is -1.70. The van der Waals surface area contributed by atoms with Gasteiger partial charge in [-0.25, -0.2) is 0 Å². The van der Waals surface area contributed by atoms with Crippen LogP contribution in [0.25, 0.3) is 0 Å². The Balaban J connectivity index is 2.53. The molecule has 0 radical (unpaired) electrons. The van der Waals surface area contributed by atoms with Crippen molar-refractivity contribution < 1.29 is 14.4 Å². The Labute approximate surface area is 118 Å². The number of hydrazine groups is 1. The van der Waals surface area contributed by atoms with Crippen molar-refractivity contribution >= 4 is 11.4 Å². The maximum Gasteiger partial charge on any atom is 0.269 e. The highest BCUT2D eigenvalue weighted by atomic mass is 16.6. The fraction of sp³-hybridized carbons (Fsp3) is 0.538. The van der Waals surface area contributed by atoms with Crippen molar-refractivity contribution in [2.45, 2.75) is 33.0 Å². The fourth-order valence-corrected chi connectivity index (χ4v) is 1.54. The summed E-state index contributed by atoms with van der Waals surface area (Å²) in [6.07, 6.45) is 0. The first-order chi connectivity index (χ1) is 9.33. The molecule has 1 aromatic rings. The molecule has 0 saturated carbocycles. The summed E-state index contributed by atoms with van der Waals surface area (Å²) < 4.78 is 11.0. The summed E-state index contributed by atoms with van der Waals surface area (Å²) in [6, 6.07) is 4.39. The van der Waals surface area contributed by atoms with Crippen molar-refractivity contribution in [1.29, 1.82) is 0 Å². The quantitative estimate of drug-likeness (QED) is 0.344. The largest absolute Gasteiger partial charge is 0.374 e. The van der Waals surface area contributed by atoms with Gasteiger partial charge in [0.2, 0.25) is 0 Å². The Morgan fingerprint density at radius 2 is 2.05 bits per heavy atom. The number of nitro groups is 1. The molecule has 0 unspecified atom stereocenters. The van der Waals surface area contributed by atoms with E-state index in [1.54, 1.807) is 6.07 Å². The van der Waals surface area contributed by atoms with Gasteiger partial charge in [-0.1, -0.05) is 0 Å². The minimum absolute atomic E-state index is 0.00791. The first-order valence-corrected chi connectivity index (χ1v) is 6.29. The smallest absolute Gasteiger partial charge is 0.269 e. The summed E-state index contributed by atoms with van der Waals surface area (Å²) in [4.78, 5) is 10.3. The Kier molecular flexibility index (Phi) is 5.87. The van der Waals surface area contributed by atoms with Crippen LogP contribution in [0.5, 0.6) is 0 Å². The summed E-state index contributed by atoms with van der Waals surface area (Å²) in [7, 11) is 0. The number of hydrogen-bond acceptors (Lipinski definition) is 6. The molecule has 3 N–H and O–H groups in total. The van der Waals surface area contributed by atoms with E-state index in [1.165, 1.54) is 12.1 Å². The van der Waals surface area contributed by atoms with Crippen LogP contribution in [0.3, 0.4) is 0 Å². The molecule has 0 aliphatic carbocycles. The summed E-state index contributed by atoms with van der Waals surface area (Å²) in [5.41, 5.74) is 3.53. The molecule has 0 heterocycles. The number of nitrogen functional groups attached to an aromatic ring is 1. The summed E-state index contributed by atoms with van der Waals surface area (Å²) in [6.45, 7) is 6.99. The summed E-state index contributed by atoms with van der Waals surface area (Å²) >= 11 is 0. The lowest BCUT2D eigenvalue weighted by Crippen LogP contribution is -2.21. The van der Waals surface area contributed by atoms with Crippen LogP contribution in [-0.2, 0) is 16.1 Å². The standard InChI is InChI=1S/C13H21N3O4/c1-13(2,3)20-7-6-19-9-10-8-11(16(17)18)4-5-12(10)15-14/h4-5,8,15H,6-7,9,14H2,1-3H3. The SMILES string of the molecule is CC(C)(C)OCCOCc1cc([N+](=O)[O-])ccc1NN. The molecular weight excluding hydrogens is 262 g/mol. The van der Waals surface area contributed by atoms with Crippen molar-refractivity contribution in [2.75, 3.05) is 18.6 Å². The Morgan fingerprint density at radius 3 is 2.60 bits per heavy atom. The number of nitro benzene ring substituents is 1. The normalized spacial score (nSPS) is 11.4. The maximum absolute atomic E-state index is 10.7. The number of nitrogens with zero attached hydrogens (tertiary/aromatic N) is 1. The van der Waals surface area contributed by atoms with Gasteiger partial charge in [-0.05, 0) is 26.8 Å². The zero-order valence-corrected chi connectivity index (χ0v) is 12.0. The number of hydrogen-bond donors (Lipinski definition) is 2. The number of nitrogens with one attached hydrogen (secondary N) is 1. The second-order valence-electron chi connectivity index (χ2n) is 5.26. The Bertz CT molecular complexity index is 457. The van der Waals surface area contributed by atoms with Gasteiger partial charge >= 0.3 is 0 Å². The number of benzene rings is 1. The topological polar surface area (TPSA) is 99.6 Å². The molecule has 112 valence electrons. The van der Waals surface area contributed by atoms with Gasteiger partial charge in [0, 0.05) is 17.7 Å². The van der Waals surface area contributed by atoms with E-state index >= 15 is 0 Å². The average Bonchev–Trinajstić information content (AvgIpc) is 2.36. The van der Waals surface area contributed by atoms with Crippen molar-refractivity contribution in [2.24, 2.45) is 5.84 Å². The molecule has 0 amide bonds. The molecule has 20 heavy (non-hydrogen) atoms. The van der Waals surface area contributed by atoms with E-state index in [0.717, 1.165) is 0 Å². The summed E-state index contributed by atoms with van der Waals surface area (Å²) in [5, 5.41) is 10.7. The number of rotatable bonds is 7. The molecule has 0 aliphatic rings. The Morgan fingerprint density at radius 1 is 1.35 bits per heavy atom. The van der Waals surface area contributed by atoms with Gasteiger partial charge in [0.25, 0.3) is 5.69 Å². The first-order valence-electron chi connectivity index (χ1n) is 6.29. The molecule has 0 atom stereocenters. The predicted octanol–water partition coefficient (Wildman–Crippen LogP) is 2.21. The van der Waals surface area contributed by atoms with Gasteiger partial charge in [-0.3, -0.25) is 16.0 Å². The molecule has 7 nitrogen and oxygen atoms in total. The molecule has 1 rings (SSSR count). The van der Waals surface area contributed by atoms with E-state index in [9.17, 15) is 10.1 Å². The van der Waals surface area contributed by atoms with E-state index in [4.69, 9.17) is 15.3 Å². The van der Waals surface area contributed by atoms with Gasteiger partial charge < -0.3 is 14.9 Å². The third-order valence-electron chi connectivity index (χ3n) is 2.48. The molecule has 0 saturated heterocycles. The minimum Gasteiger partial charge on any atom is -0.374 e. The van der Waals surface area contributed by atoms with Crippen LogP contribution >= 0.6 is 0 Å². The van der Waals surface area contributed by atoms with Crippen LogP contribution < -0.4 is 11.3 Å². The van der Waals surface area contributed by atoms with Gasteiger partial charge in [-0.2, -0.15) is 0 Å². The molecule has 0 aliphatic heterocycles. The van der Waals surface area contributed by atoms with E-state index in [-0.39, 0.29) is 17.9 Å². The molecule has 7 heteroatoms. The van der Waals surface area contributed by atoms with Crippen molar-refractivity contribution in [1.82, 2.24) is 0 Å². The van der Waals surface area contributed by atoms with Crippen LogP contribution in [0, 0.1) is 10.1 Å². The molecule has 0 fully saturated rings. The van der Waals surface area contributed by atoms with Crippen LogP contribution in [0.1, 0.15) is 26.3 Å².